The lowest BCUT2D eigenvalue weighted by Crippen LogP contribution is -2.31. The van der Waals surface area contributed by atoms with Gasteiger partial charge in [-0.25, -0.2) is 0 Å². The van der Waals surface area contributed by atoms with Gasteiger partial charge in [-0.1, -0.05) is 31.2 Å². The van der Waals surface area contributed by atoms with E-state index in [4.69, 9.17) is 0 Å². The molecule has 0 unspecified atom stereocenters. The fraction of sp³-hybridized carbons (Fsp3) is 0.348. The average molecular weight is 376 g/mol. The van der Waals surface area contributed by atoms with E-state index in [1.807, 2.05) is 31.2 Å². The number of rotatable bonds is 3. The van der Waals surface area contributed by atoms with E-state index in [2.05, 4.69) is 12.2 Å². The van der Waals surface area contributed by atoms with Crippen LogP contribution < -0.4 is 10.2 Å². The molecule has 5 heteroatoms. The first-order valence-corrected chi connectivity index (χ1v) is 9.80. The molecule has 2 fully saturated rings. The minimum absolute atomic E-state index is 0.127. The van der Waals surface area contributed by atoms with Gasteiger partial charge >= 0.3 is 0 Å². The van der Waals surface area contributed by atoms with Crippen molar-refractivity contribution in [3.63, 3.8) is 0 Å². The summed E-state index contributed by atoms with van der Waals surface area (Å²) in [4.78, 5) is 39.8. The maximum Gasteiger partial charge on any atom is 0.255 e. The molecule has 1 aliphatic carbocycles. The SMILES string of the molecule is Cc1ccccc1NC(=O)c1cccc(N2C(=O)[C@@H]3CC[C@H](C)C[C@H]3C2=O)c1. The molecule has 0 spiro atoms. The van der Waals surface area contributed by atoms with Gasteiger partial charge in [0, 0.05) is 11.3 Å². The van der Waals surface area contributed by atoms with Crippen molar-refractivity contribution in [2.75, 3.05) is 10.2 Å². The number of anilines is 2. The number of fused-ring (bicyclic) bond motifs is 1. The zero-order valence-electron chi connectivity index (χ0n) is 16.1. The second-order valence-electron chi connectivity index (χ2n) is 7.96. The number of carbonyl (C=O) groups excluding carboxylic acids is 3. The van der Waals surface area contributed by atoms with Crippen LogP contribution in [0.4, 0.5) is 11.4 Å². The molecule has 0 radical (unpaired) electrons. The van der Waals surface area contributed by atoms with Gasteiger partial charge in [0.15, 0.2) is 0 Å². The van der Waals surface area contributed by atoms with Gasteiger partial charge in [0.05, 0.1) is 17.5 Å². The third kappa shape index (κ3) is 3.21. The Morgan fingerprint density at radius 2 is 1.75 bits per heavy atom. The summed E-state index contributed by atoms with van der Waals surface area (Å²) in [5.74, 6) is -0.490. The third-order valence-electron chi connectivity index (χ3n) is 5.95. The fourth-order valence-electron chi connectivity index (χ4n) is 4.34. The van der Waals surface area contributed by atoms with Crippen molar-refractivity contribution in [2.24, 2.45) is 17.8 Å². The Balaban J connectivity index is 1.59. The van der Waals surface area contributed by atoms with E-state index < -0.39 is 0 Å². The number of amides is 3. The number of benzene rings is 2. The first kappa shape index (κ1) is 18.4. The molecule has 4 rings (SSSR count). The molecule has 1 aliphatic heterocycles. The van der Waals surface area contributed by atoms with Crippen molar-refractivity contribution in [3.05, 3.63) is 59.7 Å². The van der Waals surface area contributed by atoms with E-state index in [1.165, 1.54) is 4.90 Å². The van der Waals surface area contributed by atoms with Gasteiger partial charge in [0.1, 0.15) is 0 Å². The van der Waals surface area contributed by atoms with Crippen LogP contribution in [-0.2, 0) is 9.59 Å². The van der Waals surface area contributed by atoms with E-state index in [0.717, 1.165) is 30.5 Å². The van der Waals surface area contributed by atoms with E-state index in [9.17, 15) is 14.4 Å². The molecule has 3 atom stereocenters. The van der Waals surface area contributed by atoms with Crippen molar-refractivity contribution in [3.8, 4) is 0 Å². The normalized spacial score (nSPS) is 24.2. The summed E-state index contributed by atoms with van der Waals surface area (Å²) in [6, 6.07) is 14.3. The van der Waals surface area contributed by atoms with Gasteiger partial charge in [-0.05, 0) is 61.9 Å². The molecule has 1 saturated heterocycles. The lowest BCUT2D eigenvalue weighted by atomic mass is 9.76. The van der Waals surface area contributed by atoms with Crippen LogP contribution in [0, 0.1) is 24.7 Å². The topological polar surface area (TPSA) is 66.5 Å². The number of hydrogen-bond acceptors (Lipinski definition) is 3. The molecule has 2 aromatic carbocycles. The minimum Gasteiger partial charge on any atom is -0.322 e. The Kier molecular flexibility index (Phi) is 4.75. The zero-order valence-corrected chi connectivity index (χ0v) is 16.1. The second kappa shape index (κ2) is 7.23. The molecular weight excluding hydrogens is 352 g/mol. The van der Waals surface area contributed by atoms with Crippen LogP contribution in [0.15, 0.2) is 48.5 Å². The smallest absolute Gasteiger partial charge is 0.255 e. The Morgan fingerprint density at radius 1 is 1.00 bits per heavy atom. The van der Waals surface area contributed by atoms with E-state index >= 15 is 0 Å². The predicted molar refractivity (Wildman–Crippen MR) is 108 cm³/mol. The van der Waals surface area contributed by atoms with Crippen LogP contribution in [0.1, 0.15) is 42.1 Å². The fourth-order valence-corrected chi connectivity index (χ4v) is 4.34. The van der Waals surface area contributed by atoms with Crippen LogP contribution in [0.2, 0.25) is 0 Å². The third-order valence-corrected chi connectivity index (χ3v) is 5.95. The van der Waals surface area contributed by atoms with Crippen molar-refractivity contribution >= 4 is 29.1 Å². The molecule has 2 aromatic rings. The zero-order chi connectivity index (χ0) is 19.8. The first-order valence-electron chi connectivity index (χ1n) is 9.80. The summed E-state index contributed by atoms with van der Waals surface area (Å²) in [5, 5.41) is 2.90. The monoisotopic (exact) mass is 376 g/mol. The number of aryl methyl sites for hydroxylation is 1. The van der Waals surface area contributed by atoms with Gasteiger partial charge in [-0.15, -0.1) is 0 Å². The summed E-state index contributed by atoms with van der Waals surface area (Å²) >= 11 is 0. The van der Waals surface area contributed by atoms with Crippen molar-refractivity contribution < 1.29 is 14.4 Å². The predicted octanol–water partition coefficient (Wildman–Crippen LogP) is 4.17. The lowest BCUT2D eigenvalue weighted by Gasteiger charge is -2.25. The highest BCUT2D eigenvalue weighted by atomic mass is 16.2. The maximum atomic E-state index is 12.9. The minimum atomic E-state index is -0.263. The molecule has 1 N–H and O–H groups in total. The molecule has 1 heterocycles. The first-order chi connectivity index (χ1) is 13.5. The number of nitrogens with zero attached hydrogens (tertiary/aromatic N) is 1. The van der Waals surface area contributed by atoms with Gasteiger partial charge in [-0.3, -0.25) is 19.3 Å². The molecule has 0 aromatic heterocycles. The number of hydrogen-bond donors (Lipinski definition) is 1. The summed E-state index contributed by atoms with van der Waals surface area (Å²) in [5.41, 5.74) is 2.61. The standard InChI is InChI=1S/C23H24N2O3/c1-14-10-11-18-19(12-14)23(28)25(22(18)27)17-8-5-7-16(13-17)21(26)24-20-9-4-3-6-15(20)2/h3-9,13-14,18-19H,10-12H2,1-2H3,(H,24,26)/t14-,18+,19+/m0/s1. The summed E-state index contributed by atoms with van der Waals surface area (Å²) < 4.78 is 0. The molecule has 1 saturated carbocycles. The van der Waals surface area contributed by atoms with Crippen LogP contribution in [-0.4, -0.2) is 17.7 Å². The van der Waals surface area contributed by atoms with Crippen molar-refractivity contribution in [1.82, 2.24) is 0 Å². The molecule has 3 amide bonds. The number of nitrogens with one attached hydrogen (secondary N) is 1. The van der Waals surface area contributed by atoms with Crippen molar-refractivity contribution in [2.45, 2.75) is 33.1 Å². The second-order valence-corrected chi connectivity index (χ2v) is 7.96. The van der Waals surface area contributed by atoms with Gasteiger partial charge in [0.2, 0.25) is 11.8 Å². The summed E-state index contributed by atoms with van der Waals surface area (Å²) in [6.07, 6.45) is 2.51. The van der Waals surface area contributed by atoms with Crippen molar-refractivity contribution in [1.29, 1.82) is 0 Å². The van der Waals surface area contributed by atoms with Crippen LogP contribution in [0.3, 0.4) is 0 Å². The Bertz CT molecular complexity index is 952. The molecule has 5 nitrogen and oxygen atoms in total. The molecule has 28 heavy (non-hydrogen) atoms. The Morgan fingerprint density at radius 3 is 2.54 bits per heavy atom. The van der Waals surface area contributed by atoms with E-state index in [0.29, 0.717) is 17.2 Å². The molecule has 144 valence electrons. The Hall–Kier alpha value is -2.95. The average Bonchev–Trinajstić information content (AvgIpc) is 2.93. The quantitative estimate of drug-likeness (QED) is 0.818. The largest absolute Gasteiger partial charge is 0.322 e. The number of carbonyl (C=O) groups is 3. The van der Waals surface area contributed by atoms with Crippen LogP contribution >= 0.6 is 0 Å². The van der Waals surface area contributed by atoms with Gasteiger partial charge in [0.25, 0.3) is 5.91 Å². The van der Waals surface area contributed by atoms with Gasteiger partial charge < -0.3 is 5.32 Å². The summed E-state index contributed by atoms with van der Waals surface area (Å²) in [7, 11) is 0. The summed E-state index contributed by atoms with van der Waals surface area (Å²) in [6.45, 7) is 4.06. The lowest BCUT2D eigenvalue weighted by molar-refractivity contribution is -0.122. The van der Waals surface area contributed by atoms with E-state index in [1.54, 1.807) is 24.3 Å². The van der Waals surface area contributed by atoms with Crippen LogP contribution in [0.5, 0.6) is 0 Å². The van der Waals surface area contributed by atoms with Crippen LogP contribution in [0.25, 0.3) is 0 Å². The molecule has 0 bridgehead atoms. The Labute approximate surface area is 164 Å². The maximum absolute atomic E-state index is 12.9. The highest BCUT2D eigenvalue weighted by Crippen LogP contribution is 2.42. The highest BCUT2D eigenvalue weighted by molar-refractivity contribution is 6.22. The number of para-hydroxylation sites is 1. The highest BCUT2D eigenvalue weighted by Gasteiger charge is 2.50. The molecular formula is C23H24N2O3. The van der Waals surface area contributed by atoms with Gasteiger partial charge in [-0.2, -0.15) is 0 Å². The van der Waals surface area contributed by atoms with E-state index in [-0.39, 0.29) is 29.6 Å². The number of imide groups is 1. The molecule has 2 aliphatic rings.